The van der Waals surface area contributed by atoms with Crippen molar-refractivity contribution in [3.05, 3.63) is 76.2 Å². The van der Waals surface area contributed by atoms with Crippen LogP contribution in [-0.2, 0) is 6.42 Å². The van der Waals surface area contributed by atoms with Crippen molar-refractivity contribution in [3.63, 3.8) is 0 Å². The van der Waals surface area contributed by atoms with Crippen LogP contribution < -0.4 is 10.6 Å². The van der Waals surface area contributed by atoms with Crippen molar-refractivity contribution in [2.75, 3.05) is 11.6 Å². The molecule has 4 rings (SSSR count). The fraction of sp³-hybridized carbons (Fsp3) is 0.111. The second-order valence-corrected chi connectivity index (χ2v) is 5.30. The molecule has 0 saturated heterocycles. The van der Waals surface area contributed by atoms with Gasteiger partial charge in [0.15, 0.2) is 0 Å². The fourth-order valence-corrected chi connectivity index (χ4v) is 3.15. The molecule has 2 heterocycles. The van der Waals surface area contributed by atoms with Crippen molar-refractivity contribution in [1.82, 2.24) is 4.68 Å². The molecule has 3 aromatic rings. The number of fused-ring (bicyclic) bond motifs is 2. The molecule has 1 aliphatic rings. The first-order chi connectivity index (χ1) is 10.8. The minimum absolute atomic E-state index is 0.0639. The van der Waals surface area contributed by atoms with E-state index in [9.17, 15) is 10.1 Å². The third-order valence-electron chi connectivity index (χ3n) is 4.13. The number of pyridine rings is 1. The Morgan fingerprint density at radius 3 is 2.36 bits per heavy atom. The molecular formula is C18H13N3O. The first-order valence-corrected chi connectivity index (χ1v) is 7.21. The summed E-state index contributed by atoms with van der Waals surface area (Å²) in [6.07, 6.45) is 0.692. The van der Waals surface area contributed by atoms with Crippen molar-refractivity contribution in [1.29, 1.82) is 5.26 Å². The lowest BCUT2D eigenvalue weighted by Gasteiger charge is -2.22. The molecule has 0 spiro atoms. The molecule has 0 fully saturated rings. The summed E-state index contributed by atoms with van der Waals surface area (Å²) < 4.78 is 1.66. The van der Waals surface area contributed by atoms with Crippen LogP contribution >= 0.6 is 0 Å². The Kier molecular flexibility index (Phi) is 2.73. The highest BCUT2D eigenvalue weighted by molar-refractivity contribution is 5.88. The van der Waals surface area contributed by atoms with Crippen molar-refractivity contribution < 1.29 is 0 Å². The first kappa shape index (κ1) is 12.7. The molecule has 4 heteroatoms. The van der Waals surface area contributed by atoms with Gasteiger partial charge in [-0.05, 0) is 18.2 Å². The minimum Gasteiger partial charge on any atom is -0.278 e. The molecule has 106 valence electrons. The Morgan fingerprint density at radius 1 is 0.955 bits per heavy atom. The summed E-state index contributed by atoms with van der Waals surface area (Å²) in [4.78, 5) is 12.9. The maximum atomic E-state index is 12.9. The number of hydrogen-bond donors (Lipinski definition) is 0. The highest BCUT2D eigenvalue weighted by Crippen LogP contribution is 2.26. The molecule has 22 heavy (non-hydrogen) atoms. The van der Waals surface area contributed by atoms with Crippen molar-refractivity contribution >= 4 is 16.5 Å². The molecule has 1 aromatic heterocycles. The van der Waals surface area contributed by atoms with Crippen LogP contribution in [0.1, 0.15) is 11.3 Å². The summed E-state index contributed by atoms with van der Waals surface area (Å²) in [5.74, 6) is 0. The van der Waals surface area contributed by atoms with E-state index in [2.05, 4.69) is 6.07 Å². The minimum atomic E-state index is -0.0639. The van der Waals surface area contributed by atoms with E-state index in [1.165, 1.54) is 0 Å². The number of anilines is 1. The van der Waals surface area contributed by atoms with Gasteiger partial charge < -0.3 is 0 Å². The Labute approximate surface area is 127 Å². The zero-order chi connectivity index (χ0) is 15.1. The summed E-state index contributed by atoms with van der Waals surface area (Å²) in [5.41, 5.74) is 2.30. The zero-order valence-corrected chi connectivity index (χ0v) is 11.9. The molecule has 0 amide bonds. The van der Waals surface area contributed by atoms with E-state index in [1.54, 1.807) is 10.7 Å². The first-order valence-electron chi connectivity index (χ1n) is 7.21. The van der Waals surface area contributed by atoms with Gasteiger partial charge in [-0.1, -0.05) is 36.4 Å². The van der Waals surface area contributed by atoms with Gasteiger partial charge in [0.1, 0.15) is 6.07 Å². The molecule has 0 aliphatic carbocycles. The number of nitriles is 1. The second kappa shape index (κ2) is 4.74. The average molecular weight is 287 g/mol. The number of hydrogen-bond acceptors (Lipinski definition) is 3. The monoisotopic (exact) mass is 287 g/mol. The fourth-order valence-electron chi connectivity index (χ4n) is 3.15. The largest absolute Gasteiger partial charge is 0.278 e. The van der Waals surface area contributed by atoms with Gasteiger partial charge in [-0.25, -0.2) is 4.68 Å². The predicted octanol–water partition coefficient (Wildman–Crippen LogP) is 2.70. The normalized spacial score (nSPS) is 13.1. The third kappa shape index (κ3) is 1.66. The van der Waals surface area contributed by atoms with E-state index in [0.29, 0.717) is 23.9 Å². The number of aromatic nitrogens is 1. The highest BCUT2D eigenvalue weighted by Gasteiger charge is 2.26. The summed E-state index contributed by atoms with van der Waals surface area (Å²) >= 11 is 0. The van der Waals surface area contributed by atoms with Gasteiger partial charge in [0.2, 0.25) is 0 Å². The molecule has 0 saturated carbocycles. The third-order valence-corrected chi connectivity index (χ3v) is 4.13. The predicted molar refractivity (Wildman–Crippen MR) is 85.8 cm³/mol. The van der Waals surface area contributed by atoms with Crippen LogP contribution in [0.3, 0.4) is 0 Å². The number of nitrogens with zero attached hydrogens (tertiary/aromatic N) is 3. The summed E-state index contributed by atoms with van der Waals surface area (Å²) in [7, 11) is 0. The Hall–Kier alpha value is -3.06. The van der Waals surface area contributed by atoms with Crippen molar-refractivity contribution in [3.8, 4) is 6.07 Å². The van der Waals surface area contributed by atoms with Gasteiger partial charge in [-0.2, -0.15) is 5.26 Å². The smallest absolute Gasteiger partial charge is 0.277 e. The maximum Gasteiger partial charge on any atom is 0.277 e. The molecule has 2 aromatic carbocycles. The van der Waals surface area contributed by atoms with Gasteiger partial charge in [0.25, 0.3) is 5.56 Å². The molecule has 1 aliphatic heterocycles. The number of para-hydroxylation sites is 1. The Bertz CT molecular complexity index is 967. The SMILES string of the molecule is N#Cc1c2n(c(=O)c3ccccc13)N(c1ccccc1)CC2. The van der Waals surface area contributed by atoms with Gasteiger partial charge in [-0.15, -0.1) is 0 Å². The molecule has 0 atom stereocenters. The molecule has 0 radical (unpaired) electrons. The standard InChI is InChI=1S/C18H13N3O/c19-12-16-14-8-4-5-9-15(14)18(22)21-17(16)10-11-20(21)13-6-2-1-3-7-13/h1-9H,10-11H2. The molecule has 0 unspecified atom stereocenters. The lowest BCUT2D eigenvalue weighted by molar-refractivity contribution is 0.749. The van der Waals surface area contributed by atoms with Crippen LogP contribution in [0.2, 0.25) is 0 Å². The van der Waals surface area contributed by atoms with Crippen molar-refractivity contribution in [2.45, 2.75) is 6.42 Å². The van der Waals surface area contributed by atoms with E-state index in [0.717, 1.165) is 16.8 Å². The van der Waals surface area contributed by atoms with Crippen LogP contribution in [0.25, 0.3) is 10.8 Å². The number of rotatable bonds is 1. The average Bonchev–Trinajstić information content (AvgIpc) is 3.01. The quantitative estimate of drug-likeness (QED) is 0.691. The van der Waals surface area contributed by atoms with Gasteiger partial charge in [0.05, 0.1) is 22.3 Å². The van der Waals surface area contributed by atoms with Crippen molar-refractivity contribution in [2.24, 2.45) is 0 Å². The zero-order valence-electron chi connectivity index (χ0n) is 11.9. The molecule has 0 N–H and O–H groups in total. The van der Waals surface area contributed by atoms with E-state index in [1.807, 2.05) is 53.5 Å². The van der Waals surface area contributed by atoms with E-state index in [-0.39, 0.29) is 5.56 Å². The van der Waals surface area contributed by atoms with Gasteiger partial charge in [0, 0.05) is 18.4 Å². The molecular weight excluding hydrogens is 274 g/mol. The molecule has 0 bridgehead atoms. The van der Waals surface area contributed by atoms with E-state index < -0.39 is 0 Å². The molecule has 4 nitrogen and oxygen atoms in total. The van der Waals surface area contributed by atoms with E-state index in [4.69, 9.17) is 0 Å². The number of benzene rings is 2. The van der Waals surface area contributed by atoms with Gasteiger partial charge in [-0.3, -0.25) is 9.80 Å². The Morgan fingerprint density at radius 2 is 1.64 bits per heavy atom. The van der Waals surface area contributed by atoms with E-state index >= 15 is 0 Å². The van der Waals surface area contributed by atoms with Crippen LogP contribution in [0.4, 0.5) is 5.69 Å². The topological polar surface area (TPSA) is 49.0 Å². The lowest BCUT2D eigenvalue weighted by Crippen LogP contribution is -2.35. The van der Waals surface area contributed by atoms with Crippen LogP contribution in [-0.4, -0.2) is 11.2 Å². The summed E-state index contributed by atoms with van der Waals surface area (Å²) in [6.45, 7) is 0.699. The summed E-state index contributed by atoms with van der Waals surface area (Å²) in [5, 5.41) is 12.8. The summed E-state index contributed by atoms with van der Waals surface area (Å²) in [6, 6.07) is 19.4. The Balaban J connectivity index is 2.07. The maximum absolute atomic E-state index is 12.9. The van der Waals surface area contributed by atoms with Gasteiger partial charge >= 0.3 is 0 Å². The lowest BCUT2D eigenvalue weighted by atomic mass is 10.0. The van der Waals surface area contributed by atoms with Crippen LogP contribution in [0, 0.1) is 11.3 Å². The van der Waals surface area contributed by atoms with Crippen LogP contribution in [0.15, 0.2) is 59.4 Å². The highest BCUT2D eigenvalue weighted by atomic mass is 16.1. The second-order valence-electron chi connectivity index (χ2n) is 5.30. The van der Waals surface area contributed by atoms with Crippen LogP contribution in [0.5, 0.6) is 0 Å².